The molecule has 1 heterocycles. The quantitative estimate of drug-likeness (QED) is 0.527. The predicted octanol–water partition coefficient (Wildman–Crippen LogP) is 1.86. The van der Waals surface area contributed by atoms with Gasteiger partial charge in [-0.15, -0.1) is 0 Å². The Bertz CT molecular complexity index is 938. The van der Waals surface area contributed by atoms with Crippen LogP contribution in [0.1, 0.15) is 28.8 Å². The number of nitrogens with zero attached hydrogens (tertiary/aromatic N) is 1. The molecule has 1 saturated heterocycles. The SMILES string of the molecule is COc1ccccc1CCNC(=O)COC(=O)c1ccc(N2C(=O)CCC2=O)cc1. The lowest BCUT2D eigenvalue weighted by Gasteiger charge is -2.14. The first-order chi connectivity index (χ1) is 14.5. The lowest BCUT2D eigenvalue weighted by atomic mass is 10.1. The van der Waals surface area contributed by atoms with Crippen LogP contribution in [0, 0.1) is 0 Å². The summed E-state index contributed by atoms with van der Waals surface area (Å²) in [4.78, 5) is 48.7. The van der Waals surface area contributed by atoms with Gasteiger partial charge in [-0.1, -0.05) is 18.2 Å². The number of amides is 3. The largest absolute Gasteiger partial charge is 0.496 e. The number of esters is 1. The average molecular weight is 410 g/mol. The maximum absolute atomic E-state index is 12.1. The second-order valence-corrected chi connectivity index (χ2v) is 6.66. The fourth-order valence-electron chi connectivity index (χ4n) is 3.12. The fourth-order valence-corrected chi connectivity index (χ4v) is 3.12. The molecule has 0 aliphatic carbocycles. The highest BCUT2D eigenvalue weighted by atomic mass is 16.5. The number of methoxy groups -OCH3 is 1. The van der Waals surface area contributed by atoms with Crippen molar-refractivity contribution in [3.05, 3.63) is 59.7 Å². The van der Waals surface area contributed by atoms with E-state index in [1.54, 1.807) is 7.11 Å². The standard InChI is InChI=1S/C22H22N2O6/c1-29-18-5-3-2-4-15(18)12-13-23-19(25)14-30-22(28)16-6-8-17(9-7-16)24-20(26)10-11-21(24)27/h2-9H,10-14H2,1H3,(H,23,25). The normalized spacial score (nSPS) is 13.3. The van der Waals surface area contributed by atoms with E-state index in [9.17, 15) is 19.2 Å². The third-order valence-corrected chi connectivity index (χ3v) is 4.66. The highest BCUT2D eigenvalue weighted by Crippen LogP contribution is 2.23. The molecular formula is C22H22N2O6. The van der Waals surface area contributed by atoms with E-state index in [2.05, 4.69) is 5.32 Å². The predicted molar refractivity (Wildman–Crippen MR) is 108 cm³/mol. The zero-order valence-corrected chi connectivity index (χ0v) is 16.6. The summed E-state index contributed by atoms with van der Waals surface area (Å²) in [6.07, 6.45) is 0.961. The first-order valence-electron chi connectivity index (χ1n) is 9.51. The van der Waals surface area contributed by atoms with Crippen LogP contribution in [0.4, 0.5) is 5.69 Å². The molecule has 0 radical (unpaired) electrons. The topological polar surface area (TPSA) is 102 Å². The van der Waals surface area contributed by atoms with Gasteiger partial charge in [-0.3, -0.25) is 19.3 Å². The summed E-state index contributed by atoms with van der Waals surface area (Å²) < 4.78 is 10.3. The van der Waals surface area contributed by atoms with Gasteiger partial charge in [-0.25, -0.2) is 4.79 Å². The number of benzene rings is 2. The number of imide groups is 1. The second-order valence-electron chi connectivity index (χ2n) is 6.66. The molecule has 0 spiro atoms. The first-order valence-corrected chi connectivity index (χ1v) is 9.51. The van der Waals surface area contributed by atoms with Crippen LogP contribution in [-0.2, 0) is 25.5 Å². The van der Waals surface area contributed by atoms with Crippen LogP contribution in [0.5, 0.6) is 5.75 Å². The zero-order chi connectivity index (χ0) is 21.5. The molecule has 0 aromatic heterocycles. The highest BCUT2D eigenvalue weighted by molar-refractivity contribution is 6.19. The highest BCUT2D eigenvalue weighted by Gasteiger charge is 2.30. The minimum atomic E-state index is -0.666. The van der Waals surface area contributed by atoms with Crippen molar-refractivity contribution in [2.75, 3.05) is 25.2 Å². The summed E-state index contributed by atoms with van der Waals surface area (Å²) in [5.74, 6) is -0.858. The molecule has 1 N–H and O–H groups in total. The number of hydrogen-bond donors (Lipinski definition) is 1. The molecule has 3 amide bonds. The van der Waals surface area contributed by atoms with Crippen molar-refractivity contribution in [1.29, 1.82) is 0 Å². The van der Waals surface area contributed by atoms with Crippen molar-refractivity contribution in [3.63, 3.8) is 0 Å². The van der Waals surface area contributed by atoms with Crippen LogP contribution in [0.25, 0.3) is 0 Å². The van der Waals surface area contributed by atoms with Crippen molar-refractivity contribution in [1.82, 2.24) is 5.32 Å². The van der Waals surface area contributed by atoms with Crippen molar-refractivity contribution in [3.8, 4) is 5.75 Å². The smallest absolute Gasteiger partial charge is 0.338 e. The summed E-state index contributed by atoms with van der Waals surface area (Å²) in [5.41, 5.74) is 1.60. The third kappa shape index (κ3) is 5.02. The van der Waals surface area contributed by atoms with E-state index >= 15 is 0 Å². The minimum absolute atomic E-state index is 0.189. The van der Waals surface area contributed by atoms with Crippen molar-refractivity contribution >= 4 is 29.4 Å². The molecule has 2 aromatic carbocycles. The molecule has 1 aliphatic rings. The van der Waals surface area contributed by atoms with E-state index in [4.69, 9.17) is 9.47 Å². The number of carbonyl (C=O) groups excluding carboxylic acids is 4. The Morgan fingerprint density at radius 2 is 1.67 bits per heavy atom. The molecule has 0 bridgehead atoms. The molecule has 30 heavy (non-hydrogen) atoms. The number of carbonyl (C=O) groups is 4. The molecule has 8 heteroatoms. The minimum Gasteiger partial charge on any atom is -0.496 e. The maximum atomic E-state index is 12.1. The van der Waals surface area contributed by atoms with Gasteiger partial charge in [0, 0.05) is 19.4 Å². The van der Waals surface area contributed by atoms with Gasteiger partial charge < -0.3 is 14.8 Å². The van der Waals surface area contributed by atoms with Gasteiger partial charge in [0.2, 0.25) is 11.8 Å². The Balaban J connectivity index is 1.45. The lowest BCUT2D eigenvalue weighted by molar-refractivity contribution is -0.124. The van der Waals surface area contributed by atoms with Gasteiger partial charge in [0.25, 0.3) is 5.91 Å². The van der Waals surface area contributed by atoms with Gasteiger partial charge in [0.1, 0.15) is 5.75 Å². The van der Waals surface area contributed by atoms with Crippen molar-refractivity contribution < 1.29 is 28.7 Å². The number of anilines is 1. The molecular weight excluding hydrogens is 388 g/mol. The summed E-state index contributed by atoms with van der Waals surface area (Å²) in [6.45, 7) is -0.0288. The molecule has 1 aliphatic heterocycles. The fraction of sp³-hybridized carbons (Fsp3) is 0.273. The Labute approximate surface area is 173 Å². The summed E-state index contributed by atoms with van der Waals surface area (Å²) in [5, 5.41) is 2.69. The number of hydrogen-bond acceptors (Lipinski definition) is 6. The van der Waals surface area contributed by atoms with E-state index in [1.165, 1.54) is 24.3 Å². The monoisotopic (exact) mass is 410 g/mol. The van der Waals surface area contributed by atoms with Gasteiger partial charge in [0.05, 0.1) is 18.4 Å². The number of ether oxygens (including phenoxy) is 2. The molecule has 2 aromatic rings. The zero-order valence-electron chi connectivity index (χ0n) is 16.6. The molecule has 1 fully saturated rings. The van der Waals surface area contributed by atoms with E-state index in [0.29, 0.717) is 18.7 Å². The molecule has 0 atom stereocenters. The molecule has 8 nitrogen and oxygen atoms in total. The molecule has 0 saturated carbocycles. The van der Waals surface area contributed by atoms with E-state index < -0.39 is 18.5 Å². The number of rotatable bonds is 8. The lowest BCUT2D eigenvalue weighted by Crippen LogP contribution is -2.30. The van der Waals surface area contributed by atoms with Crippen LogP contribution < -0.4 is 15.0 Å². The van der Waals surface area contributed by atoms with Crippen molar-refractivity contribution in [2.45, 2.75) is 19.3 Å². The van der Waals surface area contributed by atoms with Gasteiger partial charge in [0.15, 0.2) is 6.61 Å². The van der Waals surface area contributed by atoms with Crippen LogP contribution in [0.2, 0.25) is 0 Å². The number of nitrogens with one attached hydrogen (secondary N) is 1. The maximum Gasteiger partial charge on any atom is 0.338 e. The Morgan fingerprint density at radius 1 is 1.00 bits per heavy atom. The van der Waals surface area contributed by atoms with Crippen LogP contribution >= 0.6 is 0 Å². The van der Waals surface area contributed by atoms with E-state index in [1.807, 2.05) is 24.3 Å². The van der Waals surface area contributed by atoms with Gasteiger partial charge in [-0.2, -0.15) is 0 Å². The van der Waals surface area contributed by atoms with Gasteiger partial charge in [-0.05, 0) is 42.3 Å². The summed E-state index contributed by atoms with van der Waals surface area (Å²) >= 11 is 0. The van der Waals surface area contributed by atoms with E-state index in [0.717, 1.165) is 16.2 Å². The summed E-state index contributed by atoms with van der Waals surface area (Å²) in [7, 11) is 1.59. The van der Waals surface area contributed by atoms with Crippen LogP contribution in [-0.4, -0.2) is 44.0 Å². The van der Waals surface area contributed by atoms with Crippen LogP contribution in [0.15, 0.2) is 48.5 Å². The van der Waals surface area contributed by atoms with Crippen LogP contribution in [0.3, 0.4) is 0 Å². The molecule has 156 valence electrons. The average Bonchev–Trinajstić information content (AvgIpc) is 3.10. The second kappa shape index (κ2) is 9.69. The first kappa shape index (κ1) is 21.0. The third-order valence-electron chi connectivity index (χ3n) is 4.66. The number of para-hydroxylation sites is 1. The molecule has 0 unspecified atom stereocenters. The van der Waals surface area contributed by atoms with Crippen molar-refractivity contribution in [2.24, 2.45) is 0 Å². The Hall–Kier alpha value is -3.68. The molecule has 3 rings (SSSR count). The Kier molecular flexibility index (Phi) is 6.79. The Morgan fingerprint density at radius 3 is 2.33 bits per heavy atom. The summed E-state index contributed by atoms with van der Waals surface area (Å²) in [6, 6.07) is 13.4. The van der Waals surface area contributed by atoms with E-state index in [-0.39, 0.29) is 30.2 Å². The van der Waals surface area contributed by atoms with Gasteiger partial charge >= 0.3 is 5.97 Å².